The highest BCUT2D eigenvalue weighted by Crippen LogP contribution is 2.29. The molecule has 0 fully saturated rings. The monoisotopic (exact) mass is 393 g/mol. The fourth-order valence-electron chi connectivity index (χ4n) is 2.05. The Labute approximate surface area is 158 Å². The molecule has 0 saturated heterocycles. The summed E-state index contributed by atoms with van der Waals surface area (Å²) in [4.78, 5) is 12.1. The van der Waals surface area contributed by atoms with Crippen molar-refractivity contribution in [3.05, 3.63) is 58.6 Å². The summed E-state index contributed by atoms with van der Waals surface area (Å²) in [6.07, 6.45) is 0.287. The Bertz CT molecular complexity index is 872. The Balaban J connectivity index is 1.56. The number of nitrogens with zero attached hydrogens (tertiary/aromatic N) is 4. The molecule has 3 aromatic rings. The van der Waals surface area contributed by atoms with Crippen molar-refractivity contribution in [2.45, 2.75) is 11.6 Å². The average Bonchev–Trinajstić information content (AvgIpc) is 3.08. The van der Waals surface area contributed by atoms with E-state index in [1.165, 1.54) is 11.8 Å². The van der Waals surface area contributed by atoms with E-state index >= 15 is 0 Å². The molecule has 0 bridgehead atoms. The number of para-hydroxylation sites is 1. The largest absolute Gasteiger partial charge is 0.325 e. The van der Waals surface area contributed by atoms with E-state index in [1.54, 1.807) is 22.9 Å². The van der Waals surface area contributed by atoms with Crippen LogP contribution in [0.5, 0.6) is 0 Å². The summed E-state index contributed by atoms with van der Waals surface area (Å²) in [6.45, 7) is 0. The van der Waals surface area contributed by atoms with Crippen LogP contribution in [0.2, 0.25) is 10.0 Å². The molecule has 0 aliphatic carbocycles. The highest BCUT2D eigenvalue weighted by atomic mass is 35.5. The zero-order valence-electron chi connectivity index (χ0n) is 12.9. The van der Waals surface area contributed by atoms with Gasteiger partial charge in [0.25, 0.3) is 0 Å². The fraction of sp³-hybridized carbons (Fsp3) is 0.125. The third-order valence-electron chi connectivity index (χ3n) is 3.23. The van der Waals surface area contributed by atoms with Crippen molar-refractivity contribution in [3.63, 3.8) is 0 Å². The van der Waals surface area contributed by atoms with Crippen LogP contribution in [-0.4, -0.2) is 31.9 Å². The number of carbonyl (C=O) groups excluding carboxylic acids is 1. The third-order valence-corrected chi connectivity index (χ3v) is 4.97. The van der Waals surface area contributed by atoms with Crippen LogP contribution < -0.4 is 5.32 Å². The second-order valence-electron chi connectivity index (χ2n) is 4.96. The van der Waals surface area contributed by atoms with Crippen molar-refractivity contribution in [1.82, 2.24) is 20.2 Å². The maximum absolute atomic E-state index is 12.1. The number of hydrogen-bond acceptors (Lipinski definition) is 5. The fourth-order valence-corrected chi connectivity index (χ4v) is 3.22. The van der Waals surface area contributed by atoms with Gasteiger partial charge in [0.1, 0.15) is 0 Å². The van der Waals surface area contributed by atoms with E-state index < -0.39 is 0 Å². The van der Waals surface area contributed by atoms with Crippen LogP contribution in [0.1, 0.15) is 6.42 Å². The molecule has 1 aromatic heterocycles. The molecule has 6 nitrogen and oxygen atoms in total. The zero-order valence-corrected chi connectivity index (χ0v) is 15.2. The van der Waals surface area contributed by atoms with Gasteiger partial charge in [-0.2, -0.15) is 4.68 Å². The summed E-state index contributed by atoms with van der Waals surface area (Å²) in [5.41, 5.74) is 1.36. The lowest BCUT2D eigenvalue weighted by Crippen LogP contribution is -2.12. The predicted molar refractivity (Wildman–Crippen MR) is 99.6 cm³/mol. The summed E-state index contributed by atoms with van der Waals surface area (Å²) in [6, 6.07) is 14.7. The molecule has 0 aliphatic rings. The molecule has 3 rings (SSSR count). The van der Waals surface area contributed by atoms with Crippen LogP contribution in [0.3, 0.4) is 0 Å². The number of amides is 1. The van der Waals surface area contributed by atoms with E-state index in [4.69, 9.17) is 23.2 Å². The number of anilines is 1. The van der Waals surface area contributed by atoms with Crippen LogP contribution in [0, 0.1) is 0 Å². The molecule has 128 valence electrons. The van der Waals surface area contributed by atoms with Crippen molar-refractivity contribution in [3.8, 4) is 5.69 Å². The minimum atomic E-state index is -0.157. The van der Waals surface area contributed by atoms with Crippen molar-refractivity contribution in [1.29, 1.82) is 0 Å². The molecule has 25 heavy (non-hydrogen) atoms. The number of aromatic nitrogens is 4. The third kappa shape index (κ3) is 4.50. The molecule has 9 heteroatoms. The number of thioether (sulfide) groups is 1. The van der Waals surface area contributed by atoms with Gasteiger partial charge in [-0.05, 0) is 34.7 Å². The molecule has 1 amide bonds. The first-order valence-electron chi connectivity index (χ1n) is 7.35. The first kappa shape index (κ1) is 17.7. The standard InChI is InChI=1S/C16H13Cl2N5OS/c17-12-7-4-8-13(15(12)18)19-14(24)9-10-25-16-20-21-22-23(16)11-5-2-1-3-6-11/h1-8H,9-10H2,(H,19,24). The molecule has 0 spiro atoms. The first-order valence-corrected chi connectivity index (χ1v) is 9.10. The summed E-state index contributed by atoms with van der Waals surface area (Å²) in [7, 11) is 0. The Morgan fingerprint density at radius 2 is 1.92 bits per heavy atom. The van der Waals surface area contributed by atoms with E-state index in [0.29, 0.717) is 26.6 Å². The van der Waals surface area contributed by atoms with Gasteiger partial charge in [-0.25, -0.2) is 0 Å². The van der Waals surface area contributed by atoms with Crippen molar-refractivity contribution < 1.29 is 4.79 Å². The Morgan fingerprint density at radius 1 is 1.12 bits per heavy atom. The molecule has 1 N–H and O–H groups in total. The quantitative estimate of drug-likeness (QED) is 0.638. The summed E-state index contributed by atoms with van der Waals surface area (Å²) in [5.74, 6) is 0.368. The number of hydrogen-bond donors (Lipinski definition) is 1. The average molecular weight is 394 g/mol. The summed E-state index contributed by atoms with van der Waals surface area (Å²) < 4.78 is 1.64. The van der Waals surface area contributed by atoms with Crippen LogP contribution in [0.25, 0.3) is 5.69 Å². The Morgan fingerprint density at radius 3 is 2.72 bits per heavy atom. The molecule has 2 aromatic carbocycles. The lowest BCUT2D eigenvalue weighted by molar-refractivity contribution is -0.115. The maximum atomic E-state index is 12.1. The minimum absolute atomic E-state index is 0.157. The number of halogens is 2. The second-order valence-corrected chi connectivity index (χ2v) is 6.80. The minimum Gasteiger partial charge on any atom is -0.325 e. The van der Waals surface area contributed by atoms with Crippen molar-refractivity contribution in [2.24, 2.45) is 0 Å². The molecular weight excluding hydrogens is 381 g/mol. The molecule has 0 unspecified atom stereocenters. The van der Waals surface area contributed by atoms with Crippen LogP contribution in [0.15, 0.2) is 53.7 Å². The first-order chi connectivity index (χ1) is 12.1. The highest BCUT2D eigenvalue weighted by Gasteiger charge is 2.11. The predicted octanol–water partition coefficient (Wildman–Crippen LogP) is 4.09. The van der Waals surface area contributed by atoms with E-state index in [-0.39, 0.29) is 12.3 Å². The number of rotatable bonds is 6. The van der Waals surface area contributed by atoms with E-state index in [0.717, 1.165) is 5.69 Å². The Hall–Kier alpha value is -2.09. The van der Waals surface area contributed by atoms with Gasteiger partial charge in [0.05, 0.1) is 21.4 Å². The van der Waals surface area contributed by atoms with E-state index in [1.807, 2.05) is 30.3 Å². The topological polar surface area (TPSA) is 72.7 Å². The molecule has 0 atom stereocenters. The van der Waals surface area contributed by atoms with Gasteiger partial charge in [-0.3, -0.25) is 4.79 Å². The van der Waals surface area contributed by atoms with Gasteiger partial charge in [0.2, 0.25) is 11.1 Å². The van der Waals surface area contributed by atoms with Crippen LogP contribution in [0.4, 0.5) is 5.69 Å². The number of tetrazole rings is 1. The van der Waals surface area contributed by atoms with Gasteiger partial charge in [-0.1, -0.05) is 59.2 Å². The number of carbonyl (C=O) groups is 1. The van der Waals surface area contributed by atoms with Crippen LogP contribution in [-0.2, 0) is 4.79 Å². The SMILES string of the molecule is O=C(CCSc1nnnn1-c1ccccc1)Nc1cccc(Cl)c1Cl. The van der Waals surface area contributed by atoms with Gasteiger partial charge in [0.15, 0.2) is 0 Å². The lowest BCUT2D eigenvalue weighted by atomic mass is 10.3. The summed E-state index contributed by atoms with van der Waals surface area (Å²) >= 11 is 13.4. The highest BCUT2D eigenvalue weighted by molar-refractivity contribution is 7.99. The Kier molecular flexibility index (Phi) is 5.91. The number of nitrogens with one attached hydrogen (secondary N) is 1. The van der Waals surface area contributed by atoms with Crippen molar-refractivity contribution in [2.75, 3.05) is 11.1 Å². The number of benzene rings is 2. The van der Waals surface area contributed by atoms with E-state index in [9.17, 15) is 4.79 Å². The normalized spacial score (nSPS) is 10.6. The molecule has 1 heterocycles. The summed E-state index contributed by atoms with van der Waals surface area (Å²) in [5, 5.41) is 15.8. The maximum Gasteiger partial charge on any atom is 0.225 e. The van der Waals surface area contributed by atoms with Gasteiger partial charge in [0, 0.05) is 12.2 Å². The molecular formula is C16H13Cl2N5OS. The van der Waals surface area contributed by atoms with Crippen molar-refractivity contribution >= 4 is 46.6 Å². The molecule has 0 aliphatic heterocycles. The van der Waals surface area contributed by atoms with Gasteiger partial charge >= 0.3 is 0 Å². The zero-order chi connectivity index (χ0) is 17.6. The van der Waals surface area contributed by atoms with Crippen LogP contribution >= 0.6 is 35.0 Å². The molecule has 0 saturated carbocycles. The lowest BCUT2D eigenvalue weighted by Gasteiger charge is -2.08. The van der Waals surface area contributed by atoms with Gasteiger partial charge < -0.3 is 5.32 Å². The molecule has 0 radical (unpaired) electrons. The smallest absolute Gasteiger partial charge is 0.225 e. The second kappa shape index (κ2) is 8.33. The van der Waals surface area contributed by atoms with E-state index in [2.05, 4.69) is 20.8 Å². The van der Waals surface area contributed by atoms with Gasteiger partial charge in [-0.15, -0.1) is 5.10 Å².